The molecule has 1 aromatic rings. The fourth-order valence-electron chi connectivity index (χ4n) is 1.37. The van der Waals surface area contributed by atoms with Crippen LogP contribution in [0.1, 0.15) is 6.92 Å². The summed E-state index contributed by atoms with van der Waals surface area (Å²) in [5.41, 5.74) is 5.39. The van der Waals surface area contributed by atoms with Crippen molar-refractivity contribution in [3.63, 3.8) is 0 Å². The Hall–Kier alpha value is -1.89. The maximum Gasteiger partial charge on any atom is 0.311 e. The van der Waals surface area contributed by atoms with E-state index in [1.807, 2.05) is 6.92 Å². The number of nitro groups is 1. The highest BCUT2D eigenvalue weighted by atomic mass is 16.6. The van der Waals surface area contributed by atoms with E-state index in [1.165, 1.54) is 12.1 Å². The van der Waals surface area contributed by atoms with Crippen molar-refractivity contribution in [1.82, 2.24) is 4.98 Å². The van der Waals surface area contributed by atoms with Crippen molar-refractivity contribution in [2.45, 2.75) is 6.92 Å². The smallest absolute Gasteiger partial charge is 0.311 e. The summed E-state index contributed by atoms with van der Waals surface area (Å²) >= 11 is 0. The van der Waals surface area contributed by atoms with E-state index in [-0.39, 0.29) is 30.5 Å². The Morgan fingerprint density at radius 2 is 2.31 bits per heavy atom. The van der Waals surface area contributed by atoms with Gasteiger partial charge in [0.25, 0.3) is 0 Å². The minimum Gasteiger partial charge on any atom is -0.395 e. The van der Waals surface area contributed by atoms with E-state index in [0.717, 1.165) is 0 Å². The predicted molar refractivity (Wildman–Crippen MR) is 60.3 cm³/mol. The van der Waals surface area contributed by atoms with Crippen LogP contribution in [0.25, 0.3) is 0 Å². The molecule has 0 atom stereocenters. The van der Waals surface area contributed by atoms with E-state index in [0.29, 0.717) is 6.54 Å². The zero-order valence-electron chi connectivity index (χ0n) is 8.96. The zero-order valence-corrected chi connectivity index (χ0v) is 8.96. The molecule has 0 aliphatic carbocycles. The highest BCUT2D eigenvalue weighted by molar-refractivity contribution is 5.60. The van der Waals surface area contributed by atoms with E-state index in [9.17, 15) is 10.1 Å². The topological polar surface area (TPSA) is 106 Å². The second-order valence-corrected chi connectivity index (χ2v) is 3.14. The summed E-state index contributed by atoms with van der Waals surface area (Å²) in [5.74, 6) is 0.415. The molecule has 0 aromatic carbocycles. The Labute approximate surface area is 92.7 Å². The molecule has 0 radical (unpaired) electrons. The van der Waals surface area contributed by atoms with Gasteiger partial charge in [-0.25, -0.2) is 4.98 Å². The molecule has 0 fully saturated rings. The van der Waals surface area contributed by atoms with Crippen molar-refractivity contribution in [2.24, 2.45) is 0 Å². The fraction of sp³-hybridized carbons (Fsp3) is 0.444. The first kappa shape index (κ1) is 12.2. The standard InChI is InChI=1S/C9H14N4O3/c1-2-12(5-6-14)9-7(13(15)16)3-4-8(10)11-9/h3-4,14H,2,5-6H2,1H3,(H2,10,11). The number of hydrogen-bond acceptors (Lipinski definition) is 6. The molecule has 0 saturated carbocycles. The van der Waals surface area contributed by atoms with E-state index in [2.05, 4.69) is 4.98 Å². The first-order valence-corrected chi connectivity index (χ1v) is 4.86. The molecule has 0 aliphatic heterocycles. The molecule has 0 spiro atoms. The van der Waals surface area contributed by atoms with Gasteiger partial charge in [0.1, 0.15) is 5.82 Å². The van der Waals surface area contributed by atoms with Crippen molar-refractivity contribution in [1.29, 1.82) is 0 Å². The molecular formula is C9H14N4O3. The van der Waals surface area contributed by atoms with Crippen LogP contribution in [0.3, 0.4) is 0 Å². The second-order valence-electron chi connectivity index (χ2n) is 3.14. The van der Waals surface area contributed by atoms with Gasteiger partial charge in [0.2, 0.25) is 5.82 Å². The first-order chi connectivity index (χ1) is 7.60. The Kier molecular flexibility index (Phi) is 4.01. The molecule has 7 heteroatoms. The molecule has 1 rings (SSSR count). The number of aliphatic hydroxyl groups excluding tert-OH is 1. The minimum atomic E-state index is -0.512. The third kappa shape index (κ3) is 2.57. The number of likely N-dealkylation sites (N-methyl/N-ethyl adjacent to an activating group) is 1. The van der Waals surface area contributed by atoms with Crippen LogP contribution in [0, 0.1) is 10.1 Å². The quantitative estimate of drug-likeness (QED) is 0.555. The van der Waals surface area contributed by atoms with Crippen molar-refractivity contribution in [2.75, 3.05) is 30.3 Å². The van der Waals surface area contributed by atoms with Gasteiger partial charge in [0, 0.05) is 19.2 Å². The van der Waals surface area contributed by atoms with Gasteiger partial charge in [0.05, 0.1) is 11.5 Å². The summed E-state index contributed by atoms with van der Waals surface area (Å²) in [6.45, 7) is 2.53. The van der Waals surface area contributed by atoms with Crippen LogP contribution in [-0.4, -0.2) is 34.7 Å². The number of nitrogen functional groups attached to an aromatic ring is 1. The number of aromatic nitrogens is 1. The van der Waals surface area contributed by atoms with Crippen molar-refractivity contribution in [3.8, 4) is 0 Å². The van der Waals surface area contributed by atoms with Crippen molar-refractivity contribution < 1.29 is 10.0 Å². The third-order valence-corrected chi connectivity index (χ3v) is 2.12. The molecule has 1 aromatic heterocycles. The number of rotatable bonds is 5. The SMILES string of the molecule is CCN(CCO)c1nc(N)ccc1[N+](=O)[O-]. The van der Waals surface area contributed by atoms with Crippen LogP contribution >= 0.6 is 0 Å². The van der Waals surface area contributed by atoms with Gasteiger partial charge in [-0.1, -0.05) is 0 Å². The Morgan fingerprint density at radius 1 is 1.62 bits per heavy atom. The molecule has 16 heavy (non-hydrogen) atoms. The molecule has 0 unspecified atom stereocenters. The van der Waals surface area contributed by atoms with Crippen molar-refractivity contribution in [3.05, 3.63) is 22.2 Å². The minimum absolute atomic E-state index is 0.0958. The van der Waals surface area contributed by atoms with Gasteiger partial charge >= 0.3 is 5.69 Å². The molecule has 1 heterocycles. The van der Waals surface area contributed by atoms with Crippen LogP contribution in [0.4, 0.5) is 17.3 Å². The Bertz CT molecular complexity index is 383. The van der Waals surface area contributed by atoms with Crippen molar-refractivity contribution >= 4 is 17.3 Å². The molecule has 0 bridgehead atoms. The molecular weight excluding hydrogens is 212 g/mol. The van der Waals surface area contributed by atoms with Crippen LogP contribution < -0.4 is 10.6 Å². The van der Waals surface area contributed by atoms with E-state index in [1.54, 1.807) is 4.90 Å². The number of hydrogen-bond donors (Lipinski definition) is 2. The molecule has 0 amide bonds. The van der Waals surface area contributed by atoms with E-state index < -0.39 is 4.92 Å². The van der Waals surface area contributed by atoms with Gasteiger partial charge in [-0.05, 0) is 13.0 Å². The summed E-state index contributed by atoms with van der Waals surface area (Å²) in [6.07, 6.45) is 0. The van der Waals surface area contributed by atoms with Gasteiger partial charge in [-0.2, -0.15) is 0 Å². The lowest BCUT2D eigenvalue weighted by atomic mass is 10.3. The van der Waals surface area contributed by atoms with Gasteiger partial charge < -0.3 is 15.7 Å². The number of nitrogens with two attached hydrogens (primary N) is 1. The summed E-state index contributed by atoms with van der Waals surface area (Å²) in [6, 6.07) is 2.70. The lowest BCUT2D eigenvalue weighted by molar-refractivity contribution is -0.384. The molecule has 7 nitrogen and oxygen atoms in total. The van der Waals surface area contributed by atoms with Crippen LogP contribution in [0.5, 0.6) is 0 Å². The average Bonchev–Trinajstić information content (AvgIpc) is 2.25. The summed E-state index contributed by atoms with van der Waals surface area (Å²) in [7, 11) is 0. The molecule has 0 saturated heterocycles. The van der Waals surface area contributed by atoms with Crippen LogP contribution in [0.2, 0.25) is 0 Å². The highest BCUT2D eigenvalue weighted by Gasteiger charge is 2.20. The van der Waals surface area contributed by atoms with Gasteiger partial charge in [0.15, 0.2) is 0 Å². The third-order valence-electron chi connectivity index (χ3n) is 2.12. The van der Waals surface area contributed by atoms with E-state index >= 15 is 0 Å². The molecule has 88 valence electrons. The van der Waals surface area contributed by atoms with Gasteiger partial charge in [-0.3, -0.25) is 10.1 Å². The Morgan fingerprint density at radius 3 is 2.81 bits per heavy atom. The maximum absolute atomic E-state index is 10.8. The van der Waals surface area contributed by atoms with E-state index in [4.69, 9.17) is 10.8 Å². The normalized spacial score (nSPS) is 10.1. The highest BCUT2D eigenvalue weighted by Crippen LogP contribution is 2.26. The maximum atomic E-state index is 10.8. The second kappa shape index (κ2) is 5.26. The Balaban J connectivity index is 3.16. The fourth-order valence-corrected chi connectivity index (χ4v) is 1.37. The lowest BCUT2D eigenvalue weighted by Gasteiger charge is -2.20. The number of aliphatic hydroxyl groups is 1. The molecule has 0 aliphatic rings. The number of anilines is 2. The summed E-state index contributed by atoms with van der Waals surface area (Å²) in [5, 5.41) is 19.7. The van der Waals surface area contributed by atoms with Gasteiger partial charge in [-0.15, -0.1) is 0 Å². The average molecular weight is 226 g/mol. The number of nitrogens with zero attached hydrogens (tertiary/aromatic N) is 3. The summed E-state index contributed by atoms with van der Waals surface area (Å²) in [4.78, 5) is 15.8. The van der Waals surface area contributed by atoms with Crippen LogP contribution in [0.15, 0.2) is 12.1 Å². The van der Waals surface area contributed by atoms with Crippen LogP contribution in [-0.2, 0) is 0 Å². The lowest BCUT2D eigenvalue weighted by Crippen LogP contribution is -2.28. The zero-order chi connectivity index (χ0) is 12.1. The number of pyridine rings is 1. The first-order valence-electron chi connectivity index (χ1n) is 4.86. The molecule has 3 N–H and O–H groups in total. The monoisotopic (exact) mass is 226 g/mol. The summed E-state index contributed by atoms with van der Waals surface area (Å²) < 4.78 is 0. The predicted octanol–water partition coefficient (Wildman–Crippen LogP) is 0.391. The largest absolute Gasteiger partial charge is 0.395 e.